The molecule has 2 rings (SSSR count). The zero-order valence-corrected chi connectivity index (χ0v) is 11.6. The van der Waals surface area contributed by atoms with Gasteiger partial charge in [-0.25, -0.2) is 12.8 Å². The number of hydrogen-bond acceptors (Lipinski definition) is 3. The Bertz CT molecular complexity index is 692. The van der Waals surface area contributed by atoms with E-state index in [0.29, 0.717) is 12.2 Å². The third-order valence-electron chi connectivity index (χ3n) is 2.79. The van der Waals surface area contributed by atoms with Crippen LogP contribution in [0.15, 0.2) is 35.2 Å². The molecule has 0 unspecified atom stereocenters. The first-order chi connectivity index (χ1) is 8.94. The minimum absolute atomic E-state index is 0.247. The highest BCUT2D eigenvalue weighted by Gasteiger charge is 2.21. The highest BCUT2D eigenvalue weighted by Crippen LogP contribution is 2.19. The molecule has 2 aromatic rings. The molecule has 0 atom stereocenters. The summed E-state index contributed by atoms with van der Waals surface area (Å²) in [7, 11) is -3.70. The summed E-state index contributed by atoms with van der Waals surface area (Å²) in [5.74, 6) is -0.968. The van der Waals surface area contributed by atoms with Crippen LogP contribution in [0.1, 0.15) is 18.3 Å². The molecule has 0 amide bonds. The van der Waals surface area contributed by atoms with E-state index < -0.39 is 15.7 Å². The van der Waals surface area contributed by atoms with Gasteiger partial charge in [0.2, 0.25) is 0 Å². The molecule has 0 spiro atoms. The van der Waals surface area contributed by atoms with Gasteiger partial charge < -0.3 is 0 Å². The molecular weight excluding hydrogens is 267 g/mol. The SMILES string of the molecule is CCn1nc(C)cc1CS(=O)(=O)c1ccccc1F. The molecule has 0 aliphatic rings. The lowest BCUT2D eigenvalue weighted by molar-refractivity contribution is 0.562. The van der Waals surface area contributed by atoms with Crippen molar-refractivity contribution in [3.05, 3.63) is 47.5 Å². The van der Waals surface area contributed by atoms with E-state index >= 15 is 0 Å². The Hall–Kier alpha value is -1.69. The molecule has 0 aliphatic heterocycles. The second-order valence-corrected chi connectivity index (χ2v) is 6.24. The van der Waals surface area contributed by atoms with Crippen LogP contribution in [-0.2, 0) is 22.1 Å². The van der Waals surface area contributed by atoms with E-state index in [1.165, 1.54) is 18.2 Å². The Morgan fingerprint density at radius 2 is 2.00 bits per heavy atom. The van der Waals surface area contributed by atoms with Crippen LogP contribution in [0.5, 0.6) is 0 Å². The van der Waals surface area contributed by atoms with Crippen LogP contribution in [0, 0.1) is 12.7 Å². The topological polar surface area (TPSA) is 52.0 Å². The van der Waals surface area contributed by atoms with Crippen molar-refractivity contribution >= 4 is 9.84 Å². The molecule has 0 bridgehead atoms. The van der Waals surface area contributed by atoms with Crippen molar-refractivity contribution in [2.24, 2.45) is 0 Å². The van der Waals surface area contributed by atoms with Gasteiger partial charge >= 0.3 is 0 Å². The van der Waals surface area contributed by atoms with Crippen molar-refractivity contribution in [3.63, 3.8) is 0 Å². The van der Waals surface area contributed by atoms with Gasteiger partial charge in [-0.1, -0.05) is 12.1 Å². The second-order valence-electron chi connectivity index (χ2n) is 4.28. The van der Waals surface area contributed by atoms with Gasteiger partial charge in [0.05, 0.1) is 17.1 Å². The standard InChI is InChI=1S/C13H15FN2O2S/c1-3-16-11(8-10(2)15-16)9-19(17,18)13-7-5-4-6-12(13)14/h4-8H,3,9H2,1-2H3. The number of aromatic nitrogens is 2. The third kappa shape index (κ3) is 2.84. The maximum absolute atomic E-state index is 13.6. The second kappa shape index (κ2) is 5.13. The van der Waals surface area contributed by atoms with Crippen LogP contribution < -0.4 is 0 Å². The van der Waals surface area contributed by atoms with E-state index in [2.05, 4.69) is 5.10 Å². The average molecular weight is 282 g/mol. The minimum atomic E-state index is -3.70. The Labute approximate surface area is 111 Å². The van der Waals surface area contributed by atoms with Gasteiger partial charge in [-0.3, -0.25) is 4.68 Å². The quantitative estimate of drug-likeness (QED) is 0.864. The van der Waals surface area contributed by atoms with Crippen molar-refractivity contribution in [1.82, 2.24) is 9.78 Å². The zero-order chi connectivity index (χ0) is 14.0. The van der Waals surface area contributed by atoms with Crippen LogP contribution in [-0.4, -0.2) is 18.2 Å². The van der Waals surface area contributed by atoms with Gasteiger partial charge in [-0.2, -0.15) is 5.10 Å². The van der Waals surface area contributed by atoms with Crippen LogP contribution in [0.4, 0.5) is 4.39 Å². The summed E-state index contributed by atoms with van der Waals surface area (Å²) >= 11 is 0. The monoisotopic (exact) mass is 282 g/mol. The number of sulfone groups is 1. The largest absolute Gasteiger partial charge is 0.269 e. The molecule has 0 aliphatic carbocycles. The fourth-order valence-corrected chi connectivity index (χ4v) is 3.39. The normalized spacial score (nSPS) is 11.7. The number of nitrogens with zero attached hydrogens (tertiary/aromatic N) is 2. The van der Waals surface area contributed by atoms with Gasteiger partial charge in [0.1, 0.15) is 10.7 Å². The summed E-state index contributed by atoms with van der Waals surface area (Å²) < 4.78 is 39.6. The summed E-state index contributed by atoms with van der Waals surface area (Å²) in [5.41, 5.74) is 1.32. The summed E-state index contributed by atoms with van der Waals surface area (Å²) in [5, 5.41) is 4.19. The van der Waals surface area contributed by atoms with E-state index in [1.54, 1.807) is 17.7 Å². The minimum Gasteiger partial charge on any atom is -0.269 e. The maximum atomic E-state index is 13.6. The number of halogens is 1. The van der Waals surface area contributed by atoms with Crippen molar-refractivity contribution < 1.29 is 12.8 Å². The molecule has 0 saturated heterocycles. The molecule has 6 heteroatoms. The molecule has 1 aromatic carbocycles. The molecule has 1 aromatic heterocycles. The molecular formula is C13H15FN2O2S. The van der Waals surface area contributed by atoms with Gasteiger partial charge in [-0.15, -0.1) is 0 Å². The molecule has 0 fully saturated rings. The van der Waals surface area contributed by atoms with Gasteiger partial charge in [0, 0.05) is 6.54 Å². The average Bonchev–Trinajstić information content (AvgIpc) is 2.69. The Kier molecular flexibility index (Phi) is 3.71. The van der Waals surface area contributed by atoms with Gasteiger partial charge in [0.15, 0.2) is 9.84 Å². The van der Waals surface area contributed by atoms with Crippen molar-refractivity contribution in [3.8, 4) is 0 Å². The number of rotatable bonds is 4. The van der Waals surface area contributed by atoms with Gasteiger partial charge in [-0.05, 0) is 32.0 Å². The van der Waals surface area contributed by atoms with E-state index in [-0.39, 0.29) is 10.6 Å². The molecule has 19 heavy (non-hydrogen) atoms. The third-order valence-corrected chi connectivity index (χ3v) is 4.47. The van der Waals surface area contributed by atoms with E-state index in [9.17, 15) is 12.8 Å². The molecule has 4 nitrogen and oxygen atoms in total. The van der Waals surface area contributed by atoms with E-state index in [1.807, 2.05) is 6.92 Å². The van der Waals surface area contributed by atoms with Crippen molar-refractivity contribution in [2.45, 2.75) is 31.0 Å². The number of aryl methyl sites for hydroxylation is 2. The highest BCUT2D eigenvalue weighted by atomic mass is 32.2. The Morgan fingerprint density at radius 1 is 1.32 bits per heavy atom. The summed E-state index contributed by atoms with van der Waals surface area (Å²) in [6, 6.07) is 7.12. The lowest BCUT2D eigenvalue weighted by Gasteiger charge is -2.07. The number of hydrogen-bond donors (Lipinski definition) is 0. The summed E-state index contributed by atoms with van der Waals surface area (Å²) in [6.45, 7) is 4.26. The van der Waals surface area contributed by atoms with Crippen LogP contribution in [0.3, 0.4) is 0 Å². The first-order valence-corrected chi connectivity index (χ1v) is 7.60. The maximum Gasteiger partial charge on any atom is 0.186 e. The van der Waals surface area contributed by atoms with E-state index in [0.717, 1.165) is 11.8 Å². The van der Waals surface area contributed by atoms with Crippen molar-refractivity contribution in [1.29, 1.82) is 0 Å². The summed E-state index contributed by atoms with van der Waals surface area (Å²) in [4.78, 5) is -0.267. The Balaban J connectivity index is 2.39. The molecule has 0 N–H and O–H groups in total. The highest BCUT2D eigenvalue weighted by molar-refractivity contribution is 7.90. The Morgan fingerprint density at radius 3 is 2.63 bits per heavy atom. The predicted molar refractivity (Wildman–Crippen MR) is 69.9 cm³/mol. The molecule has 102 valence electrons. The fourth-order valence-electron chi connectivity index (χ4n) is 1.96. The molecule has 0 saturated carbocycles. The van der Waals surface area contributed by atoms with Crippen molar-refractivity contribution in [2.75, 3.05) is 0 Å². The lowest BCUT2D eigenvalue weighted by atomic mass is 10.3. The molecule has 1 heterocycles. The van der Waals surface area contributed by atoms with Gasteiger partial charge in [0.25, 0.3) is 0 Å². The first kappa shape index (κ1) is 13.7. The van der Waals surface area contributed by atoms with Crippen LogP contribution in [0.2, 0.25) is 0 Å². The first-order valence-electron chi connectivity index (χ1n) is 5.94. The zero-order valence-electron chi connectivity index (χ0n) is 10.8. The fraction of sp³-hybridized carbons (Fsp3) is 0.308. The smallest absolute Gasteiger partial charge is 0.186 e. The van der Waals surface area contributed by atoms with Crippen LogP contribution >= 0.6 is 0 Å². The number of benzene rings is 1. The molecule has 0 radical (unpaired) electrons. The van der Waals surface area contributed by atoms with Crippen LogP contribution in [0.25, 0.3) is 0 Å². The lowest BCUT2D eigenvalue weighted by Crippen LogP contribution is -2.11. The summed E-state index contributed by atoms with van der Waals surface area (Å²) in [6.07, 6.45) is 0. The predicted octanol–water partition coefficient (Wildman–Crippen LogP) is 2.32. The van der Waals surface area contributed by atoms with E-state index in [4.69, 9.17) is 0 Å².